The van der Waals surface area contributed by atoms with Gasteiger partial charge in [-0.25, -0.2) is 4.72 Å². The molecule has 0 atom stereocenters. The Balaban J connectivity index is 1.85. The number of amides is 1. The topological polar surface area (TPSA) is 78.5 Å². The first kappa shape index (κ1) is 15.5. The monoisotopic (exact) mass is 331 g/mol. The third-order valence-electron chi connectivity index (χ3n) is 3.72. The van der Waals surface area contributed by atoms with Crippen molar-refractivity contribution in [2.45, 2.75) is 13.0 Å². The number of anilines is 2. The lowest BCUT2D eigenvalue weighted by Gasteiger charge is -2.18. The van der Waals surface area contributed by atoms with Gasteiger partial charge in [0.25, 0.3) is 10.2 Å². The third-order valence-corrected chi connectivity index (χ3v) is 4.76. The maximum absolute atomic E-state index is 12.3. The summed E-state index contributed by atoms with van der Waals surface area (Å²) in [6.45, 7) is 0.508. The molecule has 2 N–H and O–H groups in total. The van der Waals surface area contributed by atoms with Crippen molar-refractivity contribution in [3.05, 3.63) is 59.7 Å². The molecule has 6 nitrogen and oxygen atoms in total. The van der Waals surface area contributed by atoms with E-state index in [1.54, 1.807) is 23.1 Å². The summed E-state index contributed by atoms with van der Waals surface area (Å²) in [5.74, 6) is 0.0116. The first-order valence-electron chi connectivity index (χ1n) is 7.17. The summed E-state index contributed by atoms with van der Waals surface area (Å²) in [4.78, 5) is 14.0. The van der Waals surface area contributed by atoms with Crippen LogP contribution in [-0.2, 0) is 28.0 Å². The van der Waals surface area contributed by atoms with Gasteiger partial charge in [0.2, 0.25) is 5.91 Å². The lowest BCUT2D eigenvalue weighted by molar-refractivity contribution is -0.117. The summed E-state index contributed by atoms with van der Waals surface area (Å²) in [5, 5.41) is 0. The predicted octanol–water partition coefficient (Wildman–Crippen LogP) is 1.65. The molecule has 0 radical (unpaired) electrons. The SMILES string of the molecule is CNS(=O)(=O)Nc1ccc2c(c1)CC(=O)N2Cc1ccccc1. The zero-order valence-electron chi connectivity index (χ0n) is 12.6. The molecule has 1 amide bonds. The van der Waals surface area contributed by atoms with Gasteiger partial charge in [0.05, 0.1) is 18.7 Å². The van der Waals surface area contributed by atoms with E-state index in [9.17, 15) is 13.2 Å². The normalized spacial score (nSPS) is 14.0. The first-order valence-corrected chi connectivity index (χ1v) is 8.65. The molecule has 0 saturated carbocycles. The number of benzene rings is 2. The second-order valence-electron chi connectivity index (χ2n) is 5.30. The van der Waals surface area contributed by atoms with E-state index in [-0.39, 0.29) is 12.3 Å². The lowest BCUT2D eigenvalue weighted by Crippen LogP contribution is -2.26. The molecule has 0 saturated heterocycles. The van der Waals surface area contributed by atoms with E-state index in [1.165, 1.54) is 7.05 Å². The van der Waals surface area contributed by atoms with Gasteiger partial charge in [0, 0.05) is 12.7 Å². The maximum atomic E-state index is 12.3. The summed E-state index contributed by atoms with van der Waals surface area (Å²) >= 11 is 0. The highest BCUT2D eigenvalue weighted by atomic mass is 32.2. The Morgan fingerprint density at radius 2 is 1.87 bits per heavy atom. The van der Waals surface area contributed by atoms with Crippen molar-refractivity contribution in [1.29, 1.82) is 0 Å². The number of nitrogens with one attached hydrogen (secondary N) is 2. The molecule has 0 aromatic heterocycles. The largest absolute Gasteiger partial charge is 0.307 e. The van der Waals surface area contributed by atoms with Crippen LogP contribution in [0.2, 0.25) is 0 Å². The number of nitrogens with zero attached hydrogens (tertiary/aromatic N) is 1. The molecular weight excluding hydrogens is 314 g/mol. The van der Waals surface area contributed by atoms with E-state index in [1.807, 2.05) is 30.3 Å². The van der Waals surface area contributed by atoms with E-state index >= 15 is 0 Å². The Morgan fingerprint density at radius 3 is 2.57 bits per heavy atom. The molecule has 1 heterocycles. The van der Waals surface area contributed by atoms with Gasteiger partial charge in [0.15, 0.2) is 0 Å². The Kier molecular flexibility index (Phi) is 4.06. The maximum Gasteiger partial charge on any atom is 0.298 e. The standard InChI is InChI=1S/C16H17N3O3S/c1-17-23(21,22)18-14-7-8-15-13(9-14)10-16(20)19(15)11-12-5-3-2-4-6-12/h2-9,17-18H,10-11H2,1H3. The summed E-state index contributed by atoms with van der Waals surface area (Å²) < 4.78 is 27.7. The smallest absolute Gasteiger partial charge is 0.298 e. The first-order chi connectivity index (χ1) is 11.0. The van der Waals surface area contributed by atoms with Crippen LogP contribution >= 0.6 is 0 Å². The molecule has 0 spiro atoms. The second kappa shape index (κ2) is 6.02. The molecule has 7 heteroatoms. The van der Waals surface area contributed by atoms with Crippen LogP contribution in [0.3, 0.4) is 0 Å². The van der Waals surface area contributed by atoms with Crippen LogP contribution in [0.5, 0.6) is 0 Å². The van der Waals surface area contributed by atoms with Gasteiger partial charge in [-0.1, -0.05) is 30.3 Å². The lowest BCUT2D eigenvalue weighted by atomic mass is 10.1. The molecule has 1 aliphatic heterocycles. The van der Waals surface area contributed by atoms with Gasteiger partial charge in [-0.05, 0) is 29.3 Å². The van der Waals surface area contributed by atoms with Crippen LogP contribution in [0.1, 0.15) is 11.1 Å². The Hall–Kier alpha value is -2.38. The number of hydrogen-bond donors (Lipinski definition) is 2. The average molecular weight is 331 g/mol. The minimum atomic E-state index is -3.56. The molecular formula is C16H17N3O3S. The highest BCUT2D eigenvalue weighted by molar-refractivity contribution is 7.90. The van der Waals surface area contributed by atoms with Crippen molar-refractivity contribution in [3.8, 4) is 0 Å². The third kappa shape index (κ3) is 3.35. The summed E-state index contributed by atoms with van der Waals surface area (Å²) in [7, 11) is -2.23. The molecule has 1 aliphatic rings. The molecule has 2 aromatic carbocycles. The van der Waals surface area contributed by atoms with E-state index in [4.69, 9.17) is 0 Å². The van der Waals surface area contributed by atoms with Crippen molar-refractivity contribution >= 4 is 27.5 Å². The molecule has 23 heavy (non-hydrogen) atoms. The average Bonchev–Trinajstić information content (AvgIpc) is 2.83. The molecule has 120 valence electrons. The minimum absolute atomic E-state index is 0.0116. The molecule has 0 bridgehead atoms. The fourth-order valence-electron chi connectivity index (χ4n) is 2.59. The van der Waals surface area contributed by atoms with Gasteiger partial charge in [-0.2, -0.15) is 8.42 Å². The second-order valence-corrected chi connectivity index (χ2v) is 6.91. The summed E-state index contributed by atoms with van der Waals surface area (Å²) in [6, 6.07) is 14.9. The summed E-state index contributed by atoms with van der Waals surface area (Å²) in [6.07, 6.45) is 0.275. The van der Waals surface area contributed by atoms with Gasteiger partial charge in [0.1, 0.15) is 0 Å². The highest BCUT2D eigenvalue weighted by Crippen LogP contribution is 2.32. The van der Waals surface area contributed by atoms with E-state index in [0.717, 1.165) is 16.8 Å². The number of hydrogen-bond acceptors (Lipinski definition) is 3. The Morgan fingerprint density at radius 1 is 1.13 bits per heavy atom. The Labute approximate surface area is 135 Å². The summed E-state index contributed by atoms with van der Waals surface area (Å²) in [5.41, 5.74) is 3.13. The van der Waals surface area contributed by atoms with Crippen LogP contribution < -0.4 is 14.3 Å². The number of carbonyl (C=O) groups excluding carboxylic acids is 1. The minimum Gasteiger partial charge on any atom is -0.307 e. The van der Waals surface area contributed by atoms with Crippen molar-refractivity contribution in [3.63, 3.8) is 0 Å². The van der Waals surface area contributed by atoms with Gasteiger partial charge < -0.3 is 4.90 Å². The van der Waals surface area contributed by atoms with Gasteiger partial charge in [-0.3, -0.25) is 9.52 Å². The highest BCUT2D eigenvalue weighted by Gasteiger charge is 2.27. The fourth-order valence-corrected chi connectivity index (χ4v) is 3.13. The molecule has 0 aliphatic carbocycles. The molecule has 2 aromatic rings. The molecule has 3 rings (SSSR count). The van der Waals surface area contributed by atoms with Crippen LogP contribution in [0, 0.1) is 0 Å². The van der Waals surface area contributed by atoms with E-state index in [2.05, 4.69) is 9.44 Å². The zero-order valence-corrected chi connectivity index (χ0v) is 13.4. The van der Waals surface area contributed by atoms with E-state index < -0.39 is 10.2 Å². The van der Waals surface area contributed by atoms with Crippen LogP contribution in [0.25, 0.3) is 0 Å². The van der Waals surface area contributed by atoms with E-state index in [0.29, 0.717) is 12.2 Å². The molecule has 0 fully saturated rings. The van der Waals surface area contributed by atoms with Crippen LogP contribution in [0.15, 0.2) is 48.5 Å². The van der Waals surface area contributed by atoms with Crippen molar-refractivity contribution in [1.82, 2.24) is 4.72 Å². The molecule has 0 unspecified atom stereocenters. The fraction of sp³-hybridized carbons (Fsp3) is 0.188. The number of rotatable bonds is 5. The van der Waals surface area contributed by atoms with Gasteiger partial charge >= 0.3 is 0 Å². The number of fused-ring (bicyclic) bond motifs is 1. The van der Waals surface area contributed by atoms with Crippen molar-refractivity contribution < 1.29 is 13.2 Å². The van der Waals surface area contributed by atoms with Gasteiger partial charge in [-0.15, -0.1) is 0 Å². The zero-order chi connectivity index (χ0) is 16.4. The Bertz CT molecular complexity index is 835. The number of carbonyl (C=O) groups is 1. The van der Waals surface area contributed by atoms with Crippen molar-refractivity contribution in [2.75, 3.05) is 16.7 Å². The van der Waals surface area contributed by atoms with Crippen molar-refractivity contribution in [2.24, 2.45) is 0 Å². The quantitative estimate of drug-likeness (QED) is 0.874. The predicted molar refractivity (Wildman–Crippen MR) is 89.4 cm³/mol. The van der Waals surface area contributed by atoms with Crippen LogP contribution in [0.4, 0.5) is 11.4 Å². The van der Waals surface area contributed by atoms with Crippen LogP contribution in [-0.4, -0.2) is 21.4 Å².